The van der Waals surface area contributed by atoms with E-state index in [4.69, 9.17) is 0 Å². The highest BCUT2D eigenvalue weighted by molar-refractivity contribution is 8.00. The summed E-state index contributed by atoms with van der Waals surface area (Å²) in [7, 11) is 0. The second-order valence-corrected chi connectivity index (χ2v) is 11.7. The van der Waals surface area contributed by atoms with Crippen molar-refractivity contribution in [3.63, 3.8) is 0 Å². The van der Waals surface area contributed by atoms with E-state index >= 15 is 0 Å². The fraction of sp³-hybridized carbons (Fsp3) is 1.00. The zero-order chi connectivity index (χ0) is 21.8. The fourth-order valence-electron chi connectivity index (χ4n) is 4.92. The van der Waals surface area contributed by atoms with Crippen molar-refractivity contribution >= 4 is 23.5 Å². The minimum atomic E-state index is 0.576. The van der Waals surface area contributed by atoms with Gasteiger partial charge in [0.2, 0.25) is 0 Å². The van der Waals surface area contributed by atoms with Gasteiger partial charge in [0, 0.05) is 26.2 Å². The lowest BCUT2D eigenvalue weighted by Gasteiger charge is -2.45. The van der Waals surface area contributed by atoms with Gasteiger partial charge in [-0.15, -0.1) is 23.5 Å². The first-order valence-corrected chi connectivity index (χ1v) is 14.9. The van der Waals surface area contributed by atoms with Gasteiger partial charge in [0.25, 0.3) is 0 Å². The lowest BCUT2D eigenvalue weighted by molar-refractivity contribution is 0.0199. The Balaban J connectivity index is 2.24. The molecule has 2 aliphatic heterocycles. The molecule has 2 saturated heterocycles. The van der Waals surface area contributed by atoms with E-state index in [9.17, 15) is 0 Å². The molecule has 0 amide bonds. The van der Waals surface area contributed by atoms with Gasteiger partial charge in [0.1, 0.15) is 0 Å². The molecular formula is C24H50N4S2. The van der Waals surface area contributed by atoms with E-state index < -0.39 is 0 Å². The second-order valence-electron chi connectivity index (χ2n) is 8.97. The van der Waals surface area contributed by atoms with Crippen LogP contribution < -0.4 is 10.6 Å². The quantitative estimate of drug-likeness (QED) is 0.379. The van der Waals surface area contributed by atoms with Crippen LogP contribution in [0, 0.1) is 0 Å². The van der Waals surface area contributed by atoms with E-state index in [1.165, 1.54) is 77.3 Å². The summed E-state index contributed by atoms with van der Waals surface area (Å²) in [5.74, 6) is 0. The summed E-state index contributed by atoms with van der Waals surface area (Å²) in [6.07, 6.45) is 13.4. The predicted octanol–water partition coefficient (Wildman–Crippen LogP) is 5.89. The van der Waals surface area contributed by atoms with Crippen LogP contribution in [0.3, 0.4) is 0 Å². The average Bonchev–Trinajstić information content (AvgIpc) is 3.04. The van der Waals surface area contributed by atoms with E-state index in [0.717, 1.165) is 13.1 Å². The number of hydrogen-bond acceptors (Lipinski definition) is 6. The number of nitrogens with zero attached hydrogens (tertiary/aromatic N) is 2. The van der Waals surface area contributed by atoms with Crippen molar-refractivity contribution in [1.29, 1.82) is 0 Å². The van der Waals surface area contributed by atoms with Crippen LogP contribution in [0.5, 0.6) is 0 Å². The zero-order valence-corrected chi connectivity index (χ0v) is 22.1. The number of thioether (sulfide) groups is 2. The van der Waals surface area contributed by atoms with Gasteiger partial charge >= 0.3 is 0 Å². The molecule has 0 aromatic rings. The highest BCUT2D eigenvalue weighted by Crippen LogP contribution is 2.36. The van der Waals surface area contributed by atoms with E-state index in [1.807, 2.05) is 0 Å². The molecule has 0 aliphatic carbocycles. The second kappa shape index (κ2) is 15.4. The molecule has 0 aromatic carbocycles. The molecule has 2 fully saturated rings. The van der Waals surface area contributed by atoms with Crippen molar-refractivity contribution < 1.29 is 0 Å². The monoisotopic (exact) mass is 458 g/mol. The normalized spacial score (nSPS) is 30.7. The van der Waals surface area contributed by atoms with Crippen LogP contribution in [0.2, 0.25) is 0 Å². The average molecular weight is 459 g/mol. The van der Waals surface area contributed by atoms with Crippen molar-refractivity contribution in [2.24, 2.45) is 0 Å². The molecule has 2 rings (SSSR count). The maximum atomic E-state index is 3.86. The Labute approximate surface area is 196 Å². The van der Waals surface area contributed by atoms with Crippen molar-refractivity contribution in [1.82, 2.24) is 20.4 Å². The van der Waals surface area contributed by atoms with Gasteiger partial charge in [-0.05, 0) is 32.1 Å². The third-order valence-corrected chi connectivity index (χ3v) is 9.46. The van der Waals surface area contributed by atoms with E-state index in [0.29, 0.717) is 27.7 Å². The molecule has 0 saturated carbocycles. The van der Waals surface area contributed by atoms with Crippen molar-refractivity contribution in [2.45, 2.75) is 126 Å². The molecule has 0 spiro atoms. The predicted molar refractivity (Wildman–Crippen MR) is 138 cm³/mol. The smallest absolute Gasteiger partial charge is 0.0642 e. The first-order chi connectivity index (χ1) is 14.7. The molecule has 4 unspecified atom stereocenters. The van der Waals surface area contributed by atoms with Gasteiger partial charge < -0.3 is 10.6 Å². The van der Waals surface area contributed by atoms with E-state index in [1.54, 1.807) is 0 Å². The molecule has 4 nitrogen and oxygen atoms in total. The summed E-state index contributed by atoms with van der Waals surface area (Å²) < 4.78 is 0. The maximum absolute atomic E-state index is 3.86. The lowest BCUT2D eigenvalue weighted by atomic mass is 10.1. The summed E-state index contributed by atoms with van der Waals surface area (Å²) in [6, 6.07) is 0. The van der Waals surface area contributed by atoms with Gasteiger partial charge in [-0.1, -0.05) is 66.7 Å². The highest BCUT2D eigenvalue weighted by Gasteiger charge is 2.37. The summed E-state index contributed by atoms with van der Waals surface area (Å²) in [6.45, 7) is 16.4. The summed E-state index contributed by atoms with van der Waals surface area (Å²) in [4.78, 5) is 5.81. The zero-order valence-electron chi connectivity index (χ0n) is 20.5. The summed E-state index contributed by atoms with van der Waals surface area (Å²) >= 11 is 4.44. The molecule has 2 N–H and O–H groups in total. The molecule has 0 radical (unpaired) electrons. The molecule has 2 aliphatic rings. The standard InChI is InChI=1S/C24H50N4S2/c1-6-11-20-25-16-18-27(23(29-20)14-9-4)22(13-8-3)28-19-17-26-21(12-7-2)30-24(28)15-10-5/h20-26H,6-19H2,1-5H3. The van der Waals surface area contributed by atoms with Gasteiger partial charge in [0.05, 0.1) is 27.7 Å². The number of nitrogens with one attached hydrogen (secondary N) is 2. The van der Waals surface area contributed by atoms with E-state index in [-0.39, 0.29) is 0 Å². The molecular weight excluding hydrogens is 408 g/mol. The first kappa shape index (κ1) is 26.8. The Kier molecular flexibility index (Phi) is 13.7. The Morgan fingerprint density at radius 2 is 1.10 bits per heavy atom. The van der Waals surface area contributed by atoms with Crippen molar-refractivity contribution in [3.8, 4) is 0 Å². The van der Waals surface area contributed by atoms with Crippen LogP contribution in [0.4, 0.5) is 0 Å². The topological polar surface area (TPSA) is 30.5 Å². The van der Waals surface area contributed by atoms with Crippen LogP contribution in [0.25, 0.3) is 0 Å². The van der Waals surface area contributed by atoms with Crippen LogP contribution in [-0.4, -0.2) is 63.6 Å². The molecule has 0 aromatic heterocycles. The van der Waals surface area contributed by atoms with Crippen LogP contribution in [0.1, 0.15) is 98.8 Å². The van der Waals surface area contributed by atoms with Gasteiger partial charge in [-0.25, -0.2) is 0 Å². The number of rotatable bonds is 12. The Morgan fingerprint density at radius 1 is 0.667 bits per heavy atom. The molecule has 4 atom stereocenters. The first-order valence-electron chi connectivity index (χ1n) is 13.0. The summed E-state index contributed by atoms with van der Waals surface area (Å²) in [5.41, 5.74) is 0. The Morgan fingerprint density at radius 3 is 1.47 bits per heavy atom. The van der Waals surface area contributed by atoms with Gasteiger partial charge in [-0.2, -0.15) is 0 Å². The van der Waals surface area contributed by atoms with Gasteiger partial charge in [-0.3, -0.25) is 9.80 Å². The minimum absolute atomic E-state index is 0.576. The fourth-order valence-corrected chi connectivity index (χ4v) is 8.40. The van der Waals surface area contributed by atoms with E-state index in [2.05, 4.69) is 78.6 Å². The SMILES string of the molecule is CCCC1NCCN(C(CCC)N2CCNC(CCC)SC2CCC)C(CCC)S1. The van der Waals surface area contributed by atoms with Crippen LogP contribution in [-0.2, 0) is 0 Å². The highest BCUT2D eigenvalue weighted by atomic mass is 32.2. The van der Waals surface area contributed by atoms with Crippen LogP contribution in [0.15, 0.2) is 0 Å². The lowest BCUT2D eigenvalue weighted by Crippen LogP contribution is -2.55. The Bertz CT molecular complexity index is 403. The third-order valence-electron chi connectivity index (χ3n) is 6.35. The third kappa shape index (κ3) is 8.15. The Hall–Kier alpha value is 0.540. The van der Waals surface area contributed by atoms with Gasteiger partial charge in [0.15, 0.2) is 0 Å². The minimum Gasteiger partial charge on any atom is -0.304 e. The summed E-state index contributed by atoms with van der Waals surface area (Å²) in [5, 5.41) is 10.3. The molecule has 6 heteroatoms. The molecule has 30 heavy (non-hydrogen) atoms. The molecule has 178 valence electrons. The van der Waals surface area contributed by atoms with Crippen LogP contribution >= 0.6 is 23.5 Å². The largest absolute Gasteiger partial charge is 0.304 e. The maximum Gasteiger partial charge on any atom is 0.0642 e. The number of hydrogen-bond donors (Lipinski definition) is 2. The van der Waals surface area contributed by atoms with Crippen molar-refractivity contribution in [3.05, 3.63) is 0 Å². The molecule has 0 bridgehead atoms. The molecule has 2 heterocycles. The van der Waals surface area contributed by atoms with Crippen molar-refractivity contribution in [2.75, 3.05) is 26.2 Å².